The number of benzene rings is 1. The Hall–Kier alpha value is -3.06. The van der Waals surface area contributed by atoms with Crippen LogP contribution in [0.3, 0.4) is 0 Å². The van der Waals surface area contributed by atoms with E-state index in [4.69, 9.17) is 4.42 Å². The molecule has 1 aromatic carbocycles. The fraction of sp³-hybridized carbons (Fsp3) is 0.0556. The number of halogens is 1. The maximum Gasteiger partial charge on any atom is 0.283 e. The van der Waals surface area contributed by atoms with E-state index in [2.05, 4.69) is 10.1 Å². The Balaban J connectivity index is 1.85. The number of furan rings is 1. The summed E-state index contributed by atoms with van der Waals surface area (Å²) in [6.07, 6.45) is 3.06. The van der Waals surface area contributed by atoms with Gasteiger partial charge in [-0.2, -0.15) is 9.78 Å². The van der Waals surface area contributed by atoms with E-state index in [-0.39, 0.29) is 11.4 Å². The molecule has 0 aliphatic carbocycles. The molecule has 3 aromatic heterocycles. The number of thiophene rings is 1. The number of nitrogens with zero attached hydrogens (tertiary/aromatic N) is 3. The number of rotatable bonds is 3. The first-order valence-corrected chi connectivity index (χ1v) is 8.36. The molecule has 0 fully saturated rings. The van der Waals surface area contributed by atoms with E-state index in [9.17, 15) is 9.18 Å². The molecular formula is C18H12FN3O2S. The molecule has 0 bridgehead atoms. The van der Waals surface area contributed by atoms with E-state index in [1.165, 1.54) is 34.4 Å². The molecular weight excluding hydrogens is 341 g/mol. The Morgan fingerprint density at radius 3 is 2.80 bits per heavy atom. The van der Waals surface area contributed by atoms with Gasteiger partial charge in [0, 0.05) is 10.9 Å². The van der Waals surface area contributed by atoms with Crippen LogP contribution >= 0.6 is 11.3 Å². The highest BCUT2D eigenvalue weighted by atomic mass is 32.1. The zero-order valence-electron chi connectivity index (χ0n) is 13.1. The molecule has 0 radical (unpaired) electrons. The van der Waals surface area contributed by atoms with Crippen LogP contribution < -0.4 is 5.56 Å². The summed E-state index contributed by atoms with van der Waals surface area (Å²) in [7, 11) is 0. The van der Waals surface area contributed by atoms with Gasteiger partial charge >= 0.3 is 0 Å². The molecule has 7 heteroatoms. The summed E-state index contributed by atoms with van der Waals surface area (Å²) < 4.78 is 19.6. The highest BCUT2D eigenvalue weighted by molar-refractivity contribution is 7.17. The van der Waals surface area contributed by atoms with Crippen LogP contribution in [0, 0.1) is 12.7 Å². The monoisotopic (exact) mass is 353 g/mol. The minimum Gasteiger partial charge on any atom is -0.464 e. The first kappa shape index (κ1) is 15.5. The van der Waals surface area contributed by atoms with Gasteiger partial charge in [0.25, 0.3) is 5.56 Å². The lowest BCUT2D eigenvalue weighted by Gasteiger charge is -2.04. The molecule has 0 aliphatic rings. The van der Waals surface area contributed by atoms with Gasteiger partial charge in [0.1, 0.15) is 22.2 Å². The lowest BCUT2D eigenvalue weighted by Crippen LogP contribution is -2.20. The third-order valence-corrected chi connectivity index (χ3v) is 4.60. The minimum absolute atomic E-state index is 0.270. The predicted molar refractivity (Wildman–Crippen MR) is 95.7 cm³/mol. The van der Waals surface area contributed by atoms with Gasteiger partial charge in [-0.1, -0.05) is 12.1 Å². The summed E-state index contributed by atoms with van der Waals surface area (Å²) in [5, 5.41) is 6.55. The lowest BCUT2D eigenvalue weighted by atomic mass is 10.2. The highest BCUT2D eigenvalue weighted by Gasteiger charge is 2.16. The van der Waals surface area contributed by atoms with Crippen LogP contribution in [0.15, 0.2) is 62.4 Å². The number of hydrogen-bond donors (Lipinski definition) is 0. The van der Waals surface area contributed by atoms with Crippen LogP contribution in [0.5, 0.6) is 0 Å². The maximum absolute atomic E-state index is 13.0. The molecule has 0 saturated heterocycles. The van der Waals surface area contributed by atoms with Crippen LogP contribution in [-0.4, -0.2) is 15.9 Å². The van der Waals surface area contributed by atoms with Gasteiger partial charge in [-0.05, 0) is 36.8 Å². The molecule has 0 unspecified atom stereocenters. The quantitative estimate of drug-likeness (QED) is 0.522. The average Bonchev–Trinajstić information content (AvgIpc) is 3.25. The molecule has 0 spiro atoms. The molecule has 0 aliphatic heterocycles. The molecule has 0 N–H and O–H groups in total. The smallest absolute Gasteiger partial charge is 0.283 e. The normalized spacial score (nSPS) is 11.6. The van der Waals surface area contributed by atoms with Crippen molar-refractivity contribution in [2.45, 2.75) is 6.92 Å². The minimum atomic E-state index is -0.324. The molecule has 0 atom stereocenters. The molecule has 0 saturated carbocycles. The molecule has 25 heavy (non-hydrogen) atoms. The Morgan fingerprint density at radius 1 is 1.28 bits per heavy atom. The van der Waals surface area contributed by atoms with E-state index in [1.54, 1.807) is 37.5 Å². The standard InChI is InChI=1S/C18H12FN3O2S/c1-11-21-17-16(14(10-25-17)15-3-2-8-24-15)18(23)22(11)20-9-12-4-6-13(19)7-5-12/h2-10H,1H3/b20-9+. The third-order valence-electron chi connectivity index (χ3n) is 3.73. The predicted octanol–water partition coefficient (Wildman–Crippen LogP) is 4.05. The molecule has 124 valence electrons. The number of hydrogen-bond acceptors (Lipinski definition) is 5. The highest BCUT2D eigenvalue weighted by Crippen LogP contribution is 2.31. The number of fused-ring (bicyclic) bond motifs is 1. The Labute approximate surface area is 145 Å². The molecule has 4 rings (SSSR count). The largest absolute Gasteiger partial charge is 0.464 e. The second-order valence-corrected chi connectivity index (χ2v) is 6.24. The van der Waals surface area contributed by atoms with Crippen molar-refractivity contribution in [1.29, 1.82) is 0 Å². The van der Waals surface area contributed by atoms with Crippen LogP contribution in [0.1, 0.15) is 11.4 Å². The van der Waals surface area contributed by atoms with Crippen molar-refractivity contribution in [2.75, 3.05) is 0 Å². The van der Waals surface area contributed by atoms with Crippen LogP contribution in [0.4, 0.5) is 4.39 Å². The summed E-state index contributed by atoms with van der Waals surface area (Å²) in [5.74, 6) is 0.765. The van der Waals surface area contributed by atoms with Gasteiger partial charge in [0.2, 0.25) is 0 Å². The Morgan fingerprint density at radius 2 is 2.08 bits per heavy atom. The van der Waals surface area contributed by atoms with E-state index < -0.39 is 0 Å². The van der Waals surface area contributed by atoms with E-state index in [0.717, 1.165) is 0 Å². The first-order valence-electron chi connectivity index (χ1n) is 7.48. The summed E-state index contributed by atoms with van der Waals surface area (Å²) in [4.78, 5) is 18.0. The molecule has 5 nitrogen and oxygen atoms in total. The van der Waals surface area contributed by atoms with E-state index in [0.29, 0.717) is 32.9 Å². The Bertz CT molecular complexity index is 1130. The van der Waals surface area contributed by atoms with Crippen LogP contribution in [0.25, 0.3) is 21.5 Å². The van der Waals surface area contributed by atoms with Crippen molar-refractivity contribution < 1.29 is 8.81 Å². The molecule has 3 heterocycles. The van der Waals surface area contributed by atoms with Crippen LogP contribution in [0.2, 0.25) is 0 Å². The van der Waals surface area contributed by atoms with Gasteiger partial charge < -0.3 is 4.42 Å². The van der Waals surface area contributed by atoms with Gasteiger partial charge in [-0.3, -0.25) is 4.79 Å². The summed E-state index contributed by atoms with van der Waals surface area (Å²) in [5.41, 5.74) is 1.12. The third kappa shape index (κ3) is 2.78. The van der Waals surface area contributed by atoms with Crippen molar-refractivity contribution in [1.82, 2.24) is 9.66 Å². The van der Waals surface area contributed by atoms with Gasteiger partial charge in [0.05, 0.1) is 17.9 Å². The van der Waals surface area contributed by atoms with Crippen molar-refractivity contribution >= 4 is 27.8 Å². The van der Waals surface area contributed by atoms with Gasteiger partial charge in [-0.25, -0.2) is 9.37 Å². The van der Waals surface area contributed by atoms with Gasteiger partial charge in [-0.15, -0.1) is 11.3 Å². The zero-order valence-corrected chi connectivity index (χ0v) is 14.0. The van der Waals surface area contributed by atoms with Crippen molar-refractivity contribution in [2.24, 2.45) is 5.10 Å². The average molecular weight is 353 g/mol. The first-order chi connectivity index (χ1) is 12.1. The summed E-state index contributed by atoms with van der Waals surface area (Å²) in [6, 6.07) is 9.42. The number of aromatic nitrogens is 2. The second kappa shape index (κ2) is 6.10. The van der Waals surface area contributed by atoms with Crippen molar-refractivity contribution in [3.05, 3.63) is 75.6 Å². The molecule has 4 aromatic rings. The fourth-order valence-electron chi connectivity index (χ4n) is 2.51. The zero-order chi connectivity index (χ0) is 17.4. The van der Waals surface area contributed by atoms with Crippen molar-refractivity contribution in [3.8, 4) is 11.3 Å². The number of aryl methyl sites for hydroxylation is 1. The lowest BCUT2D eigenvalue weighted by molar-refractivity contribution is 0.583. The Kier molecular flexibility index (Phi) is 3.77. The fourth-order valence-corrected chi connectivity index (χ4v) is 3.47. The maximum atomic E-state index is 13.0. The summed E-state index contributed by atoms with van der Waals surface area (Å²) >= 11 is 1.39. The van der Waals surface area contributed by atoms with E-state index in [1.807, 2.05) is 5.38 Å². The second-order valence-electron chi connectivity index (χ2n) is 5.38. The van der Waals surface area contributed by atoms with Crippen molar-refractivity contribution in [3.63, 3.8) is 0 Å². The molecule has 0 amide bonds. The topological polar surface area (TPSA) is 60.4 Å². The SMILES string of the molecule is Cc1nc2scc(-c3ccco3)c2c(=O)n1/N=C/c1ccc(F)cc1. The van der Waals surface area contributed by atoms with E-state index >= 15 is 0 Å². The van der Waals surface area contributed by atoms with Crippen LogP contribution in [-0.2, 0) is 0 Å². The van der Waals surface area contributed by atoms with Gasteiger partial charge in [0.15, 0.2) is 0 Å². The summed E-state index contributed by atoms with van der Waals surface area (Å²) in [6.45, 7) is 1.72.